The first-order valence-electron chi connectivity index (χ1n) is 6.27. The van der Waals surface area contributed by atoms with Crippen molar-refractivity contribution < 1.29 is 19.4 Å². The van der Waals surface area contributed by atoms with Crippen LogP contribution < -0.4 is 10.1 Å². The van der Waals surface area contributed by atoms with Crippen LogP contribution in [0.3, 0.4) is 0 Å². The third-order valence-electron chi connectivity index (χ3n) is 2.39. The Balaban J connectivity index is 2.98. The van der Waals surface area contributed by atoms with E-state index in [4.69, 9.17) is 9.47 Å². The first-order valence-corrected chi connectivity index (χ1v) is 6.91. The molecule has 0 atom stereocenters. The van der Waals surface area contributed by atoms with Crippen molar-refractivity contribution >= 4 is 24.4 Å². The highest BCUT2D eigenvalue weighted by molar-refractivity contribution is 7.80. The summed E-state index contributed by atoms with van der Waals surface area (Å²) in [6.45, 7) is 5.30. The van der Waals surface area contributed by atoms with E-state index in [0.717, 1.165) is 5.56 Å². The fraction of sp³-hybridized carbons (Fsp3) is 0.500. The topological polar surface area (TPSA) is 67.8 Å². The maximum absolute atomic E-state index is 11.7. The SMILES string of the molecule is COc1cc(CCS)cc(NC(=O)OC(C)(C)C)c1O. The number of carbonyl (C=O) groups excluding carboxylic acids is 1. The number of rotatable bonds is 4. The Morgan fingerprint density at radius 3 is 2.55 bits per heavy atom. The van der Waals surface area contributed by atoms with Gasteiger partial charge in [-0.3, -0.25) is 5.32 Å². The highest BCUT2D eigenvalue weighted by atomic mass is 32.1. The summed E-state index contributed by atoms with van der Waals surface area (Å²) in [5.41, 5.74) is 0.558. The lowest BCUT2D eigenvalue weighted by atomic mass is 10.1. The summed E-state index contributed by atoms with van der Waals surface area (Å²) >= 11 is 4.17. The summed E-state index contributed by atoms with van der Waals surface area (Å²) in [5.74, 6) is 0.830. The number of carbonyl (C=O) groups is 1. The van der Waals surface area contributed by atoms with Gasteiger partial charge < -0.3 is 14.6 Å². The number of phenols is 1. The number of benzene rings is 1. The summed E-state index contributed by atoms with van der Waals surface area (Å²) in [5, 5.41) is 12.5. The van der Waals surface area contributed by atoms with Crippen LogP contribution in [0.2, 0.25) is 0 Å². The van der Waals surface area contributed by atoms with E-state index < -0.39 is 11.7 Å². The molecule has 0 aromatic heterocycles. The average Bonchev–Trinajstić information content (AvgIpc) is 2.31. The Bertz CT molecular complexity index is 483. The first-order chi connectivity index (χ1) is 9.26. The predicted octanol–water partition coefficient (Wildman–Crippen LogP) is 3.22. The van der Waals surface area contributed by atoms with Gasteiger partial charge in [-0.2, -0.15) is 12.6 Å². The van der Waals surface area contributed by atoms with Crippen molar-refractivity contribution in [2.45, 2.75) is 32.8 Å². The largest absolute Gasteiger partial charge is 0.503 e. The van der Waals surface area contributed by atoms with Crippen LogP contribution in [0.25, 0.3) is 0 Å². The molecule has 0 heterocycles. The summed E-state index contributed by atoms with van der Waals surface area (Å²) in [6.07, 6.45) is 0.0702. The molecule has 1 amide bonds. The minimum absolute atomic E-state index is 0.124. The maximum Gasteiger partial charge on any atom is 0.412 e. The van der Waals surface area contributed by atoms with Crippen LogP contribution in [-0.2, 0) is 11.2 Å². The van der Waals surface area contributed by atoms with Crippen molar-refractivity contribution in [3.8, 4) is 11.5 Å². The van der Waals surface area contributed by atoms with Gasteiger partial charge in [0.2, 0.25) is 0 Å². The molecule has 1 rings (SSSR count). The summed E-state index contributed by atoms with van der Waals surface area (Å²) < 4.78 is 10.2. The van der Waals surface area contributed by atoms with Crippen molar-refractivity contribution in [1.82, 2.24) is 0 Å². The molecule has 20 heavy (non-hydrogen) atoms. The van der Waals surface area contributed by atoms with Gasteiger partial charge in [0.05, 0.1) is 12.8 Å². The smallest absolute Gasteiger partial charge is 0.412 e. The van der Waals surface area contributed by atoms with Crippen LogP contribution in [-0.4, -0.2) is 29.7 Å². The van der Waals surface area contributed by atoms with Crippen LogP contribution in [0.15, 0.2) is 12.1 Å². The first kappa shape index (κ1) is 16.5. The number of hydrogen-bond donors (Lipinski definition) is 3. The number of thiol groups is 1. The lowest BCUT2D eigenvalue weighted by molar-refractivity contribution is 0.0635. The molecule has 112 valence electrons. The quantitative estimate of drug-likeness (QED) is 0.590. The number of methoxy groups -OCH3 is 1. The summed E-state index contributed by atoms with van der Waals surface area (Å²) in [6, 6.07) is 3.39. The van der Waals surface area contributed by atoms with Crippen molar-refractivity contribution in [2.24, 2.45) is 0 Å². The molecule has 0 saturated heterocycles. The predicted molar refractivity (Wildman–Crippen MR) is 82.1 cm³/mol. The van der Waals surface area contributed by atoms with Crippen LogP contribution in [0.4, 0.5) is 10.5 Å². The second-order valence-electron chi connectivity index (χ2n) is 5.29. The molecule has 5 nitrogen and oxygen atoms in total. The molecule has 1 aromatic carbocycles. The van der Waals surface area contributed by atoms with Gasteiger partial charge in [-0.15, -0.1) is 0 Å². The van der Waals surface area contributed by atoms with Crippen molar-refractivity contribution in [3.05, 3.63) is 17.7 Å². The zero-order chi connectivity index (χ0) is 15.3. The number of ether oxygens (including phenoxy) is 2. The third-order valence-corrected chi connectivity index (χ3v) is 2.61. The van der Waals surface area contributed by atoms with E-state index in [1.54, 1.807) is 32.9 Å². The highest BCUT2D eigenvalue weighted by Crippen LogP contribution is 2.36. The van der Waals surface area contributed by atoms with E-state index in [1.807, 2.05) is 0 Å². The third kappa shape index (κ3) is 4.85. The van der Waals surface area contributed by atoms with Gasteiger partial charge in [0.1, 0.15) is 5.60 Å². The van der Waals surface area contributed by atoms with Gasteiger partial charge >= 0.3 is 6.09 Å². The summed E-state index contributed by atoms with van der Waals surface area (Å²) in [4.78, 5) is 11.7. The zero-order valence-corrected chi connectivity index (χ0v) is 13.1. The second-order valence-corrected chi connectivity index (χ2v) is 5.74. The van der Waals surface area contributed by atoms with Gasteiger partial charge in [0, 0.05) is 0 Å². The van der Waals surface area contributed by atoms with Gasteiger partial charge in [0.15, 0.2) is 11.5 Å². The molecule has 0 fully saturated rings. The molecule has 0 aliphatic heterocycles. The van der Waals surface area contributed by atoms with E-state index in [-0.39, 0.29) is 11.4 Å². The Hall–Kier alpha value is -1.56. The Morgan fingerprint density at radius 1 is 1.40 bits per heavy atom. The number of aryl methyl sites for hydroxylation is 1. The zero-order valence-electron chi connectivity index (χ0n) is 12.2. The fourth-order valence-electron chi connectivity index (χ4n) is 1.60. The number of hydrogen-bond acceptors (Lipinski definition) is 5. The number of anilines is 1. The molecule has 6 heteroatoms. The molecule has 2 N–H and O–H groups in total. The van der Waals surface area contributed by atoms with Crippen molar-refractivity contribution in [3.63, 3.8) is 0 Å². The highest BCUT2D eigenvalue weighted by Gasteiger charge is 2.19. The van der Waals surface area contributed by atoms with E-state index in [9.17, 15) is 9.90 Å². The molecular formula is C14H21NO4S. The van der Waals surface area contributed by atoms with E-state index >= 15 is 0 Å². The number of phenolic OH excluding ortho intramolecular Hbond substituents is 1. The molecular weight excluding hydrogens is 278 g/mol. The van der Waals surface area contributed by atoms with Crippen molar-refractivity contribution in [2.75, 3.05) is 18.2 Å². The molecule has 0 saturated carbocycles. The molecule has 0 bridgehead atoms. The minimum atomic E-state index is -0.627. The molecule has 0 aliphatic carbocycles. The van der Waals surface area contributed by atoms with E-state index in [1.165, 1.54) is 7.11 Å². The fourth-order valence-corrected chi connectivity index (χ4v) is 1.86. The van der Waals surface area contributed by atoms with E-state index in [0.29, 0.717) is 17.9 Å². The molecule has 0 radical (unpaired) electrons. The summed E-state index contributed by atoms with van der Waals surface area (Å²) in [7, 11) is 1.46. The van der Waals surface area contributed by atoms with Crippen LogP contribution in [0, 0.1) is 0 Å². The number of aromatic hydroxyl groups is 1. The van der Waals surface area contributed by atoms with Crippen LogP contribution >= 0.6 is 12.6 Å². The van der Waals surface area contributed by atoms with E-state index in [2.05, 4.69) is 17.9 Å². The minimum Gasteiger partial charge on any atom is -0.503 e. The molecule has 0 aliphatic rings. The van der Waals surface area contributed by atoms with Crippen molar-refractivity contribution in [1.29, 1.82) is 0 Å². The van der Waals surface area contributed by atoms with Gasteiger partial charge in [-0.25, -0.2) is 4.79 Å². The Morgan fingerprint density at radius 2 is 2.05 bits per heavy atom. The lowest BCUT2D eigenvalue weighted by Crippen LogP contribution is -2.27. The molecule has 0 unspecified atom stereocenters. The Kier molecular flexibility index (Phi) is 5.56. The second kappa shape index (κ2) is 6.74. The van der Waals surface area contributed by atoms with Crippen LogP contribution in [0.1, 0.15) is 26.3 Å². The molecule has 1 aromatic rings. The monoisotopic (exact) mass is 299 g/mol. The number of amides is 1. The standard InChI is InChI=1S/C14H21NO4S/c1-14(2,3)19-13(17)15-10-7-9(5-6-20)8-11(18-4)12(10)16/h7-8,16,20H,5-6H2,1-4H3,(H,15,17). The molecule has 0 spiro atoms. The Labute approximate surface area is 124 Å². The van der Waals surface area contributed by atoms with Gasteiger partial charge in [-0.1, -0.05) is 0 Å². The number of nitrogens with one attached hydrogen (secondary N) is 1. The van der Waals surface area contributed by atoms with Crippen LogP contribution in [0.5, 0.6) is 11.5 Å². The van der Waals surface area contributed by atoms with Gasteiger partial charge in [0.25, 0.3) is 0 Å². The average molecular weight is 299 g/mol. The lowest BCUT2D eigenvalue weighted by Gasteiger charge is -2.20. The van der Waals surface area contributed by atoms with Gasteiger partial charge in [-0.05, 0) is 50.6 Å². The normalized spacial score (nSPS) is 11.1. The maximum atomic E-state index is 11.7.